The van der Waals surface area contributed by atoms with Crippen molar-refractivity contribution in [3.05, 3.63) is 41.8 Å². The summed E-state index contributed by atoms with van der Waals surface area (Å²) in [6, 6.07) is 8.07. The second kappa shape index (κ2) is 4.20. The molecule has 0 aliphatic carbocycles. The molecule has 0 saturated heterocycles. The minimum absolute atomic E-state index is 0.236. The molecule has 1 aromatic carbocycles. The van der Waals surface area contributed by atoms with Gasteiger partial charge in [-0.15, -0.1) is 0 Å². The Morgan fingerprint density at radius 2 is 1.85 bits per heavy atom. The topological polar surface area (TPSA) is 54.4 Å². The lowest BCUT2D eigenvalue weighted by Crippen LogP contribution is -1.95. The Balaban J connectivity index is 3.02. The van der Waals surface area contributed by atoms with Crippen LogP contribution >= 0.6 is 0 Å². The van der Waals surface area contributed by atoms with Crippen LogP contribution < -0.4 is 0 Å². The van der Waals surface area contributed by atoms with E-state index in [2.05, 4.69) is 0 Å². The molecule has 0 heterocycles. The van der Waals surface area contributed by atoms with Gasteiger partial charge in [0.2, 0.25) is 0 Å². The second-order valence-electron chi connectivity index (χ2n) is 2.41. The van der Waals surface area contributed by atoms with Crippen LogP contribution in [0.3, 0.4) is 0 Å². The third-order valence-electron chi connectivity index (χ3n) is 1.45. The van der Waals surface area contributed by atoms with Gasteiger partial charge in [0, 0.05) is 5.41 Å². The van der Waals surface area contributed by atoms with Crippen molar-refractivity contribution in [1.82, 2.24) is 0 Å². The Labute approximate surface area is 77.3 Å². The van der Waals surface area contributed by atoms with Gasteiger partial charge in [-0.05, 0) is 18.2 Å². The van der Waals surface area contributed by atoms with E-state index in [0.29, 0.717) is 0 Å². The standard InChI is InChI=1S/C9H10O3S/c10-7-4-8-13(11,12)9-5-2-1-3-6-9/h1-6,8,10H,7H2/b8-4-. The number of hydrogen-bond donors (Lipinski definition) is 1. The summed E-state index contributed by atoms with van der Waals surface area (Å²) in [5, 5.41) is 9.43. The number of aliphatic hydroxyl groups excluding tert-OH is 1. The van der Waals surface area contributed by atoms with Crippen LogP contribution in [0.4, 0.5) is 0 Å². The van der Waals surface area contributed by atoms with E-state index >= 15 is 0 Å². The Morgan fingerprint density at radius 1 is 1.23 bits per heavy atom. The fourth-order valence-corrected chi connectivity index (χ4v) is 1.89. The highest BCUT2D eigenvalue weighted by Crippen LogP contribution is 2.10. The molecular formula is C9H10O3S. The molecule has 0 fully saturated rings. The molecule has 0 atom stereocenters. The lowest BCUT2D eigenvalue weighted by Gasteiger charge is -1.96. The summed E-state index contributed by atoms with van der Waals surface area (Å²) in [6.07, 6.45) is 1.20. The number of hydrogen-bond acceptors (Lipinski definition) is 3. The highest BCUT2D eigenvalue weighted by molar-refractivity contribution is 7.94. The predicted octanol–water partition coefficient (Wildman–Crippen LogP) is 0.966. The van der Waals surface area contributed by atoms with E-state index in [0.717, 1.165) is 5.41 Å². The van der Waals surface area contributed by atoms with E-state index < -0.39 is 9.84 Å². The van der Waals surface area contributed by atoms with Crippen LogP contribution in [-0.4, -0.2) is 20.1 Å². The van der Waals surface area contributed by atoms with E-state index in [1.165, 1.54) is 18.2 Å². The normalized spacial score (nSPS) is 12.1. The quantitative estimate of drug-likeness (QED) is 0.787. The van der Waals surface area contributed by atoms with E-state index in [4.69, 9.17) is 5.11 Å². The van der Waals surface area contributed by atoms with Gasteiger partial charge in [-0.25, -0.2) is 8.42 Å². The zero-order valence-electron chi connectivity index (χ0n) is 6.92. The average molecular weight is 198 g/mol. The number of sulfone groups is 1. The average Bonchev–Trinajstić information content (AvgIpc) is 2.16. The molecule has 0 spiro atoms. The van der Waals surface area contributed by atoms with Crippen LogP contribution in [0.15, 0.2) is 46.7 Å². The van der Waals surface area contributed by atoms with Crippen molar-refractivity contribution in [3.63, 3.8) is 0 Å². The van der Waals surface area contributed by atoms with Crippen molar-refractivity contribution < 1.29 is 13.5 Å². The minimum Gasteiger partial charge on any atom is -0.392 e. The van der Waals surface area contributed by atoms with E-state index in [1.54, 1.807) is 18.2 Å². The Hall–Kier alpha value is -1.13. The summed E-state index contributed by atoms with van der Waals surface area (Å²) in [5.74, 6) is 0. The summed E-state index contributed by atoms with van der Waals surface area (Å²) in [7, 11) is -3.36. The second-order valence-corrected chi connectivity index (χ2v) is 4.25. The van der Waals surface area contributed by atoms with Gasteiger partial charge in [0.15, 0.2) is 9.84 Å². The molecule has 0 aromatic heterocycles. The molecule has 0 radical (unpaired) electrons. The van der Waals surface area contributed by atoms with Crippen LogP contribution in [-0.2, 0) is 9.84 Å². The maximum absolute atomic E-state index is 11.4. The highest BCUT2D eigenvalue weighted by Gasteiger charge is 2.07. The zero-order valence-corrected chi connectivity index (χ0v) is 7.74. The van der Waals surface area contributed by atoms with Gasteiger partial charge in [0.25, 0.3) is 0 Å². The molecule has 0 amide bonds. The van der Waals surface area contributed by atoms with Crippen molar-refractivity contribution in [2.75, 3.05) is 6.61 Å². The molecule has 70 valence electrons. The largest absolute Gasteiger partial charge is 0.392 e. The SMILES string of the molecule is O=S(=O)(/C=C\CO)c1ccccc1. The molecule has 0 aliphatic heterocycles. The number of rotatable bonds is 3. The minimum atomic E-state index is -3.36. The van der Waals surface area contributed by atoms with E-state index in [9.17, 15) is 8.42 Å². The first kappa shape index (κ1) is 9.95. The Kier molecular flexibility index (Phi) is 3.22. The highest BCUT2D eigenvalue weighted by atomic mass is 32.2. The van der Waals surface area contributed by atoms with Crippen LogP contribution in [0.25, 0.3) is 0 Å². The summed E-state index contributed by atoms with van der Waals surface area (Å²) in [6.45, 7) is -0.272. The van der Waals surface area contributed by atoms with Crippen molar-refractivity contribution in [2.45, 2.75) is 4.90 Å². The molecule has 0 aliphatic rings. The molecule has 1 rings (SSSR count). The van der Waals surface area contributed by atoms with Crippen molar-refractivity contribution in [3.8, 4) is 0 Å². The summed E-state index contributed by atoms with van der Waals surface area (Å²) in [5.41, 5.74) is 0. The first-order chi connectivity index (χ1) is 6.17. The maximum Gasteiger partial charge on any atom is 0.199 e. The molecule has 4 heteroatoms. The first-order valence-electron chi connectivity index (χ1n) is 3.74. The third-order valence-corrected chi connectivity index (χ3v) is 2.93. The molecule has 1 N–H and O–H groups in total. The molecule has 3 nitrogen and oxygen atoms in total. The maximum atomic E-state index is 11.4. The smallest absolute Gasteiger partial charge is 0.199 e. The van der Waals surface area contributed by atoms with Crippen molar-refractivity contribution in [1.29, 1.82) is 0 Å². The molecule has 0 bridgehead atoms. The van der Waals surface area contributed by atoms with Gasteiger partial charge in [0.1, 0.15) is 0 Å². The number of benzene rings is 1. The van der Waals surface area contributed by atoms with Crippen LogP contribution in [0.1, 0.15) is 0 Å². The molecule has 1 aromatic rings. The van der Waals surface area contributed by atoms with Gasteiger partial charge in [-0.3, -0.25) is 0 Å². The number of aliphatic hydroxyl groups is 1. The predicted molar refractivity (Wildman–Crippen MR) is 49.9 cm³/mol. The van der Waals surface area contributed by atoms with Gasteiger partial charge >= 0.3 is 0 Å². The summed E-state index contributed by atoms with van der Waals surface area (Å²) >= 11 is 0. The van der Waals surface area contributed by atoms with Gasteiger partial charge in [-0.2, -0.15) is 0 Å². The lowest BCUT2D eigenvalue weighted by molar-refractivity contribution is 0.343. The third kappa shape index (κ3) is 2.68. The molecule has 13 heavy (non-hydrogen) atoms. The zero-order chi connectivity index (χ0) is 9.73. The van der Waals surface area contributed by atoms with Gasteiger partial charge in [-0.1, -0.05) is 18.2 Å². The van der Waals surface area contributed by atoms with E-state index in [-0.39, 0.29) is 11.5 Å². The Morgan fingerprint density at radius 3 is 2.38 bits per heavy atom. The fourth-order valence-electron chi connectivity index (χ4n) is 0.858. The van der Waals surface area contributed by atoms with Crippen LogP contribution in [0.5, 0.6) is 0 Å². The monoisotopic (exact) mass is 198 g/mol. The van der Waals surface area contributed by atoms with Crippen molar-refractivity contribution >= 4 is 9.84 Å². The van der Waals surface area contributed by atoms with Crippen LogP contribution in [0.2, 0.25) is 0 Å². The lowest BCUT2D eigenvalue weighted by atomic mass is 10.4. The first-order valence-corrected chi connectivity index (χ1v) is 5.29. The van der Waals surface area contributed by atoms with Gasteiger partial charge in [0.05, 0.1) is 11.5 Å². The van der Waals surface area contributed by atoms with E-state index in [1.807, 2.05) is 0 Å². The fraction of sp³-hybridized carbons (Fsp3) is 0.111. The summed E-state index contributed by atoms with van der Waals surface area (Å²) < 4.78 is 22.8. The Bertz CT molecular complexity index is 379. The van der Waals surface area contributed by atoms with Crippen LogP contribution in [0, 0.1) is 0 Å². The van der Waals surface area contributed by atoms with Crippen molar-refractivity contribution in [2.24, 2.45) is 0 Å². The summed E-state index contributed by atoms with van der Waals surface area (Å²) in [4.78, 5) is 0.236. The molecular weight excluding hydrogens is 188 g/mol. The van der Waals surface area contributed by atoms with Gasteiger partial charge < -0.3 is 5.11 Å². The molecule has 0 unspecified atom stereocenters. The molecule has 0 saturated carbocycles.